The molecule has 13 heavy (non-hydrogen) atoms. The van der Waals surface area contributed by atoms with Crippen LogP contribution in [0.2, 0.25) is 0 Å². The highest BCUT2D eigenvalue weighted by molar-refractivity contribution is 5.05. The molecule has 0 fully saturated rings. The predicted molar refractivity (Wildman–Crippen MR) is 57.6 cm³/mol. The molecule has 2 heteroatoms. The second kappa shape index (κ2) is 4.77. The van der Waals surface area contributed by atoms with Crippen LogP contribution in [0.3, 0.4) is 0 Å². The molecule has 1 rings (SSSR count). The number of nitrogens with two attached hydrogens (primary N) is 1. The molecular weight excluding hydrogens is 160 g/mol. The Morgan fingerprint density at radius 2 is 2.23 bits per heavy atom. The van der Waals surface area contributed by atoms with E-state index in [0.29, 0.717) is 12.0 Å². The van der Waals surface area contributed by atoms with Gasteiger partial charge in [-0.1, -0.05) is 25.5 Å². The highest BCUT2D eigenvalue weighted by atomic mass is 15.2. The first-order valence-electron chi connectivity index (χ1n) is 5.25. The largest absolute Gasteiger partial charge is 0.329 e. The van der Waals surface area contributed by atoms with E-state index in [1.165, 1.54) is 18.5 Å². The van der Waals surface area contributed by atoms with Gasteiger partial charge in [-0.2, -0.15) is 0 Å². The van der Waals surface area contributed by atoms with E-state index < -0.39 is 0 Å². The van der Waals surface area contributed by atoms with E-state index in [4.69, 9.17) is 5.73 Å². The Balaban J connectivity index is 2.55. The van der Waals surface area contributed by atoms with Gasteiger partial charge in [-0.05, 0) is 19.3 Å². The highest BCUT2D eigenvalue weighted by Crippen LogP contribution is 2.16. The Kier molecular flexibility index (Phi) is 3.94. The normalized spacial score (nSPS) is 21.8. The zero-order valence-electron chi connectivity index (χ0n) is 9.09. The third-order valence-electron chi connectivity index (χ3n) is 2.84. The van der Waals surface area contributed by atoms with Gasteiger partial charge < -0.3 is 5.73 Å². The second-order valence-electron chi connectivity index (χ2n) is 4.36. The average molecular weight is 182 g/mol. The first-order chi connectivity index (χ1) is 6.15. The summed E-state index contributed by atoms with van der Waals surface area (Å²) in [6.45, 7) is 9.79. The third kappa shape index (κ3) is 2.82. The summed E-state index contributed by atoms with van der Waals surface area (Å²) in [6, 6.07) is 0.559. The molecule has 76 valence electrons. The number of hydrogen-bond donors (Lipinski definition) is 1. The molecule has 1 atom stereocenters. The Hall–Kier alpha value is -0.340. The molecule has 0 aromatic rings. The van der Waals surface area contributed by atoms with Gasteiger partial charge in [-0.25, -0.2) is 0 Å². The van der Waals surface area contributed by atoms with Crippen LogP contribution in [-0.2, 0) is 0 Å². The molecule has 0 radical (unpaired) electrons. The second-order valence-corrected chi connectivity index (χ2v) is 4.36. The van der Waals surface area contributed by atoms with Gasteiger partial charge in [0.25, 0.3) is 0 Å². The fraction of sp³-hybridized carbons (Fsp3) is 0.818. The number of hydrogen-bond acceptors (Lipinski definition) is 2. The lowest BCUT2D eigenvalue weighted by Crippen LogP contribution is -2.46. The number of nitrogens with zero attached hydrogens (tertiary/aromatic N) is 1. The summed E-state index contributed by atoms with van der Waals surface area (Å²) < 4.78 is 0. The molecule has 0 saturated carbocycles. The van der Waals surface area contributed by atoms with E-state index in [0.717, 1.165) is 13.1 Å². The van der Waals surface area contributed by atoms with Crippen molar-refractivity contribution in [2.75, 3.05) is 19.6 Å². The smallest absolute Gasteiger partial charge is 0.0244 e. The molecule has 2 nitrogen and oxygen atoms in total. The maximum Gasteiger partial charge on any atom is 0.0244 e. The summed E-state index contributed by atoms with van der Waals surface area (Å²) in [7, 11) is 0. The molecule has 0 aliphatic carbocycles. The van der Waals surface area contributed by atoms with Gasteiger partial charge >= 0.3 is 0 Å². The van der Waals surface area contributed by atoms with Gasteiger partial charge in [0.1, 0.15) is 0 Å². The minimum atomic E-state index is 0.559. The van der Waals surface area contributed by atoms with Crippen molar-refractivity contribution in [1.29, 1.82) is 0 Å². The van der Waals surface area contributed by atoms with Crippen molar-refractivity contribution in [3.8, 4) is 0 Å². The van der Waals surface area contributed by atoms with E-state index in [1.54, 1.807) is 0 Å². The summed E-state index contributed by atoms with van der Waals surface area (Å²) in [5, 5.41) is 0. The van der Waals surface area contributed by atoms with Gasteiger partial charge in [-0.15, -0.1) is 0 Å². The van der Waals surface area contributed by atoms with Crippen LogP contribution < -0.4 is 5.73 Å². The molecule has 1 unspecified atom stereocenters. The summed E-state index contributed by atoms with van der Waals surface area (Å²) >= 11 is 0. The van der Waals surface area contributed by atoms with E-state index in [9.17, 15) is 0 Å². The van der Waals surface area contributed by atoms with Crippen LogP contribution in [0.4, 0.5) is 0 Å². The Labute approximate surface area is 81.8 Å². The van der Waals surface area contributed by atoms with Crippen LogP contribution in [-0.4, -0.2) is 30.6 Å². The Morgan fingerprint density at radius 1 is 1.54 bits per heavy atom. The summed E-state index contributed by atoms with van der Waals surface area (Å²) in [4.78, 5) is 2.51. The Morgan fingerprint density at radius 3 is 2.69 bits per heavy atom. The lowest BCUT2D eigenvalue weighted by atomic mass is 10.00. The van der Waals surface area contributed by atoms with Gasteiger partial charge in [-0.3, -0.25) is 4.90 Å². The van der Waals surface area contributed by atoms with Gasteiger partial charge in [0.2, 0.25) is 0 Å². The van der Waals surface area contributed by atoms with Crippen molar-refractivity contribution in [2.24, 2.45) is 11.7 Å². The molecule has 2 N–H and O–H groups in total. The summed E-state index contributed by atoms with van der Waals surface area (Å²) in [6.07, 6.45) is 3.53. The molecule has 0 aromatic heterocycles. The van der Waals surface area contributed by atoms with Crippen LogP contribution in [0, 0.1) is 5.92 Å². The zero-order chi connectivity index (χ0) is 9.84. The molecule has 1 heterocycles. The van der Waals surface area contributed by atoms with Crippen LogP contribution in [0.25, 0.3) is 0 Å². The van der Waals surface area contributed by atoms with Crippen molar-refractivity contribution >= 4 is 0 Å². The topological polar surface area (TPSA) is 29.3 Å². The lowest BCUT2D eigenvalue weighted by Gasteiger charge is -2.35. The summed E-state index contributed by atoms with van der Waals surface area (Å²) in [5.41, 5.74) is 7.28. The molecule has 0 aromatic carbocycles. The number of rotatable bonds is 3. The monoisotopic (exact) mass is 182 g/mol. The molecule has 0 saturated heterocycles. The first-order valence-corrected chi connectivity index (χ1v) is 5.25. The van der Waals surface area contributed by atoms with Crippen LogP contribution in [0.1, 0.15) is 27.2 Å². The zero-order valence-corrected chi connectivity index (χ0v) is 9.09. The van der Waals surface area contributed by atoms with Gasteiger partial charge in [0, 0.05) is 25.7 Å². The first kappa shape index (κ1) is 10.7. The molecule has 1 aliphatic heterocycles. The quantitative estimate of drug-likeness (QED) is 0.672. The van der Waals surface area contributed by atoms with Crippen molar-refractivity contribution in [2.45, 2.75) is 33.2 Å². The van der Waals surface area contributed by atoms with E-state index in [1.807, 2.05) is 0 Å². The highest BCUT2D eigenvalue weighted by Gasteiger charge is 2.21. The Bertz CT molecular complexity index is 185. The van der Waals surface area contributed by atoms with Gasteiger partial charge in [0.15, 0.2) is 0 Å². The summed E-state index contributed by atoms with van der Waals surface area (Å²) in [5.74, 6) is 0.663. The maximum absolute atomic E-state index is 5.79. The van der Waals surface area contributed by atoms with Crippen molar-refractivity contribution in [3.05, 3.63) is 11.6 Å². The van der Waals surface area contributed by atoms with E-state index >= 15 is 0 Å². The molecule has 0 spiro atoms. The van der Waals surface area contributed by atoms with Crippen molar-refractivity contribution in [3.63, 3.8) is 0 Å². The van der Waals surface area contributed by atoms with Crippen LogP contribution in [0.15, 0.2) is 11.6 Å². The van der Waals surface area contributed by atoms with Gasteiger partial charge in [0.05, 0.1) is 0 Å². The molecular formula is C11H22N2. The lowest BCUT2D eigenvalue weighted by molar-refractivity contribution is 0.169. The SMILES string of the molecule is CC1=CCCN(C(CN)C(C)C)C1. The molecule has 1 aliphatic rings. The maximum atomic E-state index is 5.79. The van der Waals surface area contributed by atoms with Crippen LogP contribution >= 0.6 is 0 Å². The van der Waals surface area contributed by atoms with E-state index in [-0.39, 0.29) is 0 Å². The van der Waals surface area contributed by atoms with E-state index in [2.05, 4.69) is 31.7 Å². The van der Waals surface area contributed by atoms with Crippen molar-refractivity contribution < 1.29 is 0 Å². The minimum Gasteiger partial charge on any atom is -0.329 e. The molecule has 0 bridgehead atoms. The molecule has 0 amide bonds. The minimum absolute atomic E-state index is 0.559. The fourth-order valence-electron chi connectivity index (χ4n) is 2.07. The standard InChI is InChI=1S/C11H22N2/c1-9(2)11(7-12)13-6-4-5-10(3)8-13/h5,9,11H,4,6-8,12H2,1-3H3. The predicted octanol–water partition coefficient (Wildman–Crippen LogP) is 1.62. The van der Waals surface area contributed by atoms with Crippen molar-refractivity contribution in [1.82, 2.24) is 4.90 Å². The average Bonchev–Trinajstić information content (AvgIpc) is 2.04. The van der Waals surface area contributed by atoms with Crippen LogP contribution in [0.5, 0.6) is 0 Å². The third-order valence-corrected chi connectivity index (χ3v) is 2.84. The fourth-order valence-corrected chi connectivity index (χ4v) is 2.07.